The third kappa shape index (κ3) is 11.1. The van der Waals surface area contributed by atoms with Crippen molar-refractivity contribution in [3.63, 3.8) is 0 Å². The van der Waals surface area contributed by atoms with Crippen LogP contribution in [0, 0.1) is 0 Å². The Bertz CT molecular complexity index is 1590. The summed E-state index contributed by atoms with van der Waals surface area (Å²) in [7, 11) is 0. The number of esters is 2. The molecule has 1 fully saturated rings. The standard InChI is InChI=1S/C32H45ClFN5O13/c1-12-45-24(40)20(25(41)46-13-2)47-14-16-19(49-29(44)52-32(9,10)11)17(34)23(48-16)38-15-35-18-21(38)36-26(33)37-22(18)39(27(42)50-30(3,4)5)28(43)51-31(6,7)8/h15-17,19-20,23H,12-14H2,1-11H3/t16-,17+,19-,23-/m1/s1. The lowest BCUT2D eigenvalue weighted by Crippen LogP contribution is -2.44. The zero-order valence-corrected chi connectivity index (χ0v) is 31.6. The molecule has 1 aliphatic rings. The van der Waals surface area contributed by atoms with E-state index in [0.717, 1.165) is 10.9 Å². The van der Waals surface area contributed by atoms with Crippen molar-refractivity contribution in [3.8, 4) is 0 Å². The second-order valence-corrected chi connectivity index (χ2v) is 14.5. The third-order valence-electron chi connectivity index (χ3n) is 6.33. The van der Waals surface area contributed by atoms with E-state index in [2.05, 4.69) is 15.0 Å². The van der Waals surface area contributed by atoms with Crippen molar-refractivity contribution in [1.82, 2.24) is 19.5 Å². The smallest absolute Gasteiger partial charge is 0.464 e. The lowest BCUT2D eigenvalue weighted by Gasteiger charge is -2.28. The molecular weight excluding hydrogens is 717 g/mol. The maximum Gasteiger partial charge on any atom is 0.509 e. The first-order valence-electron chi connectivity index (χ1n) is 16.3. The maximum absolute atomic E-state index is 16.5. The summed E-state index contributed by atoms with van der Waals surface area (Å²) < 4.78 is 60.3. The highest BCUT2D eigenvalue weighted by molar-refractivity contribution is 6.29. The van der Waals surface area contributed by atoms with E-state index in [-0.39, 0.29) is 24.4 Å². The van der Waals surface area contributed by atoms with Gasteiger partial charge >= 0.3 is 30.3 Å². The van der Waals surface area contributed by atoms with Crippen LogP contribution in [-0.2, 0) is 47.5 Å². The average Bonchev–Trinajstić information content (AvgIpc) is 3.51. The molecule has 52 heavy (non-hydrogen) atoms. The quantitative estimate of drug-likeness (QED) is 0.132. The molecule has 0 spiro atoms. The lowest BCUT2D eigenvalue weighted by molar-refractivity contribution is -0.177. The number of ether oxygens (including phenoxy) is 8. The molecule has 0 radical (unpaired) electrons. The number of fused-ring (bicyclic) bond motifs is 1. The molecule has 3 heterocycles. The van der Waals surface area contributed by atoms with Crippen LogP contribution in [-0.4, -0.2) is 111 Å². The number of hydrogen-bond acceptors (Lipinski definition) is 16. The van der Waals surface area contributed by atoms with Gasteiger partial charge in [0.1, 0.15) is 22.9 Å². The molecule has 1 aliphatic heterocycles. The fourth-order valence-corrected chi connectivity index (χ4v) is 4.68. The van der Waals surface area contributed by atoms with Gasteiger partial charge in [0.2, 0.25) is 5.28 Å². The van der Waals surface area contributed by atoms with Crippen LogP contribution in [0.4, 0.5) is 24.6 Å². The van der Waals surface area contributed by atoms with Gasteiger partial charge in [0, 0.05) is 0 Å². The number of imide groups is 1. The van der Waals surface area contributed by atoms with Crippen LogP contribution in [0.2, 0.25) is 5.28 Å². The van der Waals surface area contributed by atoms with Crippen molar-refractivity contribution in [2.45, 2.75) is 124 Å². The molecule has 0 bridgehead atoms. The molecule has 0 unspecified atom stereocenters. The number of alkyl halides is 1. The number of carbonyl (C=O) groups is 5. The van der Waals surface area contributed by atoms with Crippen molar-refractivity contribution >= 4 is 58.9 Å². The molecule has 3 rings (SSSR count). The highest BCUT2D eigenvalue weighted by Crippen LogP contribution is 2.38. The predicted octanol–water partition coefficient (Wildman–Crippen LogP) is 5.22. The Labute approximate surface area is 304 Å². The first kappa shape index (κ1) is 42.1. The molecular formula is C32H45ClFN5O13. The number of aromatic nitrogens is 4. The Hall–Kier alpha value is -4.36. The lowest BCUT2D eigenvalue weighted by atomic mass is 10.1. The van der Waals surface area contributed by atoms with Gasteiger partial charge in [-0.3, -0.25) is 4.57 Å². The zero-order valence-electron chi connectivity index (χ0n) is 30.9. The highest BCUT2D eigenvalue weighted by Gasteiger charge is 2.51. The number of carbonyl (C=O) groups excluding carboxylic acids is 5. The van der Waals surface area contributed by atoms with E-state index in [9.17, 15) is 24.0 Å². The summed E-state index contributed by atoms with van der Waals surface area (Å²) >= 11 is 6.28. The molecule has 0 aromatic carbocycles. The molecule has 290 valence electrons. The molecule has 1 saturated heterocycles. The predicted molar refractivity (Wildman–Crippen MR) is 178 cm³/mol. The average molecular weight is 762 g/mol. The first-order valence-corrected chi connectivity index (χ1v) is 16.6. The van der Waals surface area contributed by atoms with E-state index in [0.29, 0.717) is 4.90 Å². The third-order valence-corrected chi connectivity index (χ3v) is 6.50. The minimum atomic E-state index is -2.20. The van der Waals surface area contributed by atoms with E-state index in [4.69, 9.17) is 49.5 Å². The Kier molecular flexibility index (Phi) is 13.4. The number of imidazole rings is 1. The van der Waals surface area contributed by atoms with E-state index in [1.807, 2.05) is 0 Å². The van der Waals surface area contributed by atoms with Crippen molar-refractivity contribution in [2.75, 3.05) is 24.7 Å². The van der Waals surface area contributed by atoms with Crippen LogP contribution < -0.4 is 4.90 Å². The van der Waals surface area contributed by atoms with Crippen LogP contribution >= 0.6 is 11.6 Å². The van der Waals surface area contributed by atoms with Crippen LogP contribution in [0.25, 0.3) is 11.2 Å². The summed E-state index contributed by atoms with van der Waals surface area (Å²) in [6.07, 6.45) is -11.6. The van der Waals surface area contributed by atoms with Crippen molar-refractivity contribution in [2.24, 2.45) is 0 Å². The second kappa shape index (κ2) is 16.5. The van der Waals surface area contributed by atoms with Crippen molar-refractivity contribution in [3.05, 3.63) is 11.6 Å². The van der Waals surface area contributed by atoms with Gasteiger partial charge in [-0.25, -0.2) is 33.3 Å². The Morgan fingerprint density at radius 3 is 1.88 bits per heavy atom. The molecule has 2 aromatic rings. The van der Waals surface area contributed by atoms with E-state index >= 15 is 4.39 Å². The van der Waals surface area contributed by atoms with E-state index in [1.54, 1.807) is 62.3 Å². The molecule has 0 N–H and O–H groups in total. The minimum absolute atomic E-state index is 0.0869. The largest absolute Gasteiger partial charge is 0.509 e. The summed E-state index contributed by atoms with van der Waals surface area (Å²) in [4.78, 5) is 77.5. The van der Waals surface area contributed by atoms with Crippen molar-refractivity contribution < 1.29 is 66.3 Å². The van der Waals surface area contributed by atoms with Gasteiger partial charge in [-0.2, -0.15) is 14.9 Å². The number of hydrogen-bond donors (Lipinski definition) is 0. The normalized spacial score (nSPS) is 19.3. The Morgan fingerprint density at radius 1 is 0.885 bits per heavy atom. The molecule has 18 nitrogen and oxygen atoms in total. The van der Waals surface area contributed by atoms with Gasteiger partial charge in [0.15, 0.2) is 35.5 Å². The van der Waals surface area contributed by atoms with Crippen LogP contribution in [0.5, 0.6) is 0 Å². The number of anilines is 1. The molecule has 2 amide bonds. The van der Waals surface area contributed by atoms with Crippen LogP contribution in [0.1, 0.15) is 82.4 Å². The number of nitrogens with zero attached hydrogens (tertiary/aromatic N) is 5. The number of rotatable bonds is 10. The number of amides is 2. The van der Waals surface area contributed by atoms with Gasteiger partial charge in [-0.05, 0) is 87.8 Å². The highest BCUT2D eigenvalue weighted by atomic mass is 35.5. The van der Waals surface area contributed by atoms with Gasteiger partial charge in [0.25, 0.3) is 6.10 Å². The summed E-state index contributed by atoms with van der Waals surface area (Å²) in [6.45, 7) is 16.3. The minimum Gasteiger partial charge on any atom is -0.464 e. The van der Waals surface area contributed by atoms with E-state index in [1.165, 1.54) is 13.8 Å². The van der Waals surface area contributed by atoms with Gasteiger partial charge in [0.05, 0.1) is 26.1 Å². The van der Waals surface area contributed by atoms with Crippen LogP contribution in [0.3, 0.4) is 0 Å². The van der Waals surface area contributed by atoms with Crippen molar-refractivity contribution in [1.29, 1.82) is 0 Å². The SMILES string of the molecule is CCOC(=O)C(OC[C@H]1O[C@@H](n2cnc3c(N(C(=O)OC(C)(C)C)C(=O)OC(C)(C)C)nc(Cl)nc32)[C@@H](F)[C@@H]1OC(=O)OC(C)(C)C)C(=O)OCC. The van der Waals surface area contributed by atoms with Gasteiger partial charge in [-0.15, -0.1) is 0 Å². The summed E-state index contributed by atoms with van der Waals surface area (Å²) in [5.41, 5.74) is -3.61. The van der Waals surface area contributed by atoms with Gasteiger partial charge < -0.3 is 37.9 Å². The molecule has 0 saturated carbocycles. The monoisotopic (exact) mass is 761 g/mol. The molecule has 20 heteroatoms. The number of halogens is 2. The summed E-state index contributed by atoms with van der Waals surface area (Å²) in [5.74, 6) is -2.61. The van der Waals surface area contributed by atoms with Gasteiger partial charge in [-0.1, -0.05) is 0 Å². The summed E-state index contributed by atoms with van der Waals surface area (Å²) in [6, 6.07) is 0. The molecule has 2 aromatic heterocycles. The summed E-state index contributed by atoms with van der Waals surface area (Å²) in [5, 5.41) is -0.497. The fraction of sp³-hybridized carbons (Fsp3) is 0.688. The van der Waals surface area contributed by atoms with Crippen LogP contribution in [0.15, 0.2) is 6.33 Å². The fourth-order valence-electron chi connectivity index (χ4n) is 4.52. The molecule has 0 aliphatic carbocycles. The zero-order chi connectivity index (χ0) is 39.3. The first-order chi connectivity index (χ1) is 24.0. The molecule has 4 atom stereocenters. The Morgan fingerprint density at radius 2 is 1.40 bits per heavy atom. The topological polar surface area (TPSA) is 206 Å². The maximum atomic E-state index is 16.5. The second-order valence-electron chi connectivity index (χ2n) is 14.2. The Balaban J connectivity index is 2.09. The van der Waals surface area contributed by atoms with E-state index < -0.39 is 95.5 Å².